The number of nitrogens with zero attached hydrogens (tertiary/aromatic N) is 2. The van der Waals surface area contributed by atoms with Gasteiger partial charge in [0.25, 0.3) is 0 Å². The minimum Gasteiger partial charge on any atom is -0.491 e. The third-order valence-corrected chi connectivity index (χ3v) is 3.84. The van der Waals surface area contributed by atoms with Crippen molar-refractivity contribution >= 4 is 17.0 Å². The highest BCUT2D eigenvalue weighted by Crippen LogP contribution is 2.31. The molecule has 0 unspecified atom stereocenters. The second kappa shape index (κ2) is 8.56. The van der Waals surface area contributed by atoms with Crippen LogP contribution in [-0.2, 0) is 4.79 Å². The molecule has 1 N–H and O–H groups in total. The van der Waals surface area contributed by atoms with E-state index in [0.717, 1.165) is 12.1 Å². The lowest BCUT2D eigenvalue weighted by Gasteiger charge is -2.13. The molecular formula is C20H17F2N3O4. The zero-order valence-corrected chi connectivity index (χ0v) is 15.7. The molecule has 1 aromatic heterocycles. The molecule has 1 atom stereocenters. The van der Waals surface area contributed by atoms with E-state index < -0.39 is 24.0 Å². The van der Waals surface area contributed by atoms with E-state index in [0.29, 0.717) is 16.8 Å². The average molecular weight is 401 g/mol. The quantitative estimate of drug-likeness (QED) is 0.650. The Balaban J connectivity index is 1.81. The minimum absolute atomic E-state index is 0.0217. The SMILES string of the molecule is CC(=O)N[C@@H](C)COc1ccc2nc(-c3cc(F)c(OCC#N)c(F)c3)oc2c1. The molecule has 0 aliphatic heterocycles. The highest BCUT2D eigenvalue weighted by Gasteiger charge is 2.17. The Kier molecular flexibility index (Phi) is 5.93. The first kappa shape index (κ1) is 20.1. The molecule has 2 aromatic carbocycles. The van der Waals surface area contributed by atoms with Gasteiger partial charge in [0.05, 0.1) is 6.04 Å². The average Bonchev–Trinajstić information content (AvgIpc) is 3.08. The van der Waals surface area contributed by atoms with Crippen molar-refractivity contribution in [3.05, 3.63) is 42.0 Å². The van der Waals surface area contributed by atoms with Crippen LogP contribution in [0.5, 0.6) is 11.5 Å². The molecule has 0 fully saturated rings. The summed E-state index contributed by atoms with van der Waals surface area (Å²) in [6.07, 6.45) is 0. The Morgan fingerprint density at radius 2 is 2.00 bits per heavy atom. The van der Waals surface area contributed by atoms with Gasteiger partial charge >= 0.3 is 0 Å². The normalized spacial score (nSPS) is 11.7. The summed E-state index contributed by atoms with van der Waals surface area (Å²) >= 11 is 0. The van der Waals surface area contributed by atoms with Crippen LogP contribution in [-0.4, -0.2) is 30.1 Å². The predicted octanol–water partition coefficient (Wildman–Crippen LogP) is 3.58. The van der Waals surface area contributed by atoms with Gasteiger partial charge in [0, 0.05) is 18.6 Å². The molecule has 3 rings (SSSR count). The molecule has 0 saturated heterocycles. The Bertz CT molecular complexity index is 1070. The Labute approximate surface area is 164 Å². The highest BCUT2D eigenvalue weighted by atomic mass is 19.1. The van der Waals surface area contributed by atoms with Crippen LogP contribution in [0.2, 0.25) is 0 Å². The van der Waals surface area contributed by atoms with E-state index in [4.69, 9.17) is 19.2 Å². The molecule has 0 radical (unpaired) electrons. The molecule has 9 heteroatoms. The number of aromatic nitrogens is 1. The maximum absolute atomic E-state index is 14.1. The van der Waals surface area contributed by atoms with E-state index in [2.05, 4.69) is 10.3 Å². The first-order valence-corrected chi connectivity index (χ1v) is 8.67. The van der Waals surface area contributed by atoms with Crippen LogP contribution in [0.1, 0.15) is 13.8 Å². The number of rotatable bonds is 7. The number of amides is 1. The second-order valence-corrected chi connectivity index (χ2v) is 6.28. The summed E-state index contributed by atoms with van der Waals surface area (Å²) in [6, 6.07) is 8.44. The predicted molar refractivity (Wildman–Crippen MR) is 99.2 cm³/mol. The molecule has 150 valence electrons. The van der Waals surface area contributed by atoms with Crippen molar-refractivity contribution in [3.63, 3.8) is 0 Å². The standard InChI is InChI=1S/C20H17F2N3O4/c1-11(24-12(2)26)10-28-14-3-4-17-18(9-14)29-20(25-17)13-7-15(21)19(16(22)8-13)27-6-5-23/h3-4,7-9,11H,6,10H2,1-2H3,(H,24,26)/t11-/m0/s1. The molecule has 1 heterocycles. The van der Waals surface area contributed by atoms with E-state index in [1.165, 1.54) is 6.92 Å². The van der Waals surface area contributed by atoms with Crippen LogP contribution in [0.15, 0.2) is 34.7 Å². The zero-order valence-electron chi connectivity index (χ0n) is 15.7. The van der Waals surface area contributed by atoms with Crippen LogP contribution < -0.4 is 14.8 Å². The molecule has 0 aliphatic carbocycles. The van der Waals surface area contributed by atoms with Crippen molar-refractivity contribution in [1.82, 2.24) is 10.3 Å². The largest absolute Gasteiger partial charge is 0.491 e. The molecular weight excluding hydrogens is 384 g/mol. The van der Waals surface area contributed by atoms with Crippen molar-refractivity contribution in [3.8, 4) is 29.0 Å². The van der Waals surface area contributed by atoms with Gasteiger partial charge in [-0.15, -0.1) is 0 Å². The summed E-state index contributed by atoms with van der Waals surface area (Å²) < 4.78 is 44.2. The Morgan fingerprint density at radius 1 is 1.28 bits per heavy atom. The number of carbonyl (C=O) groups is 1. The number of hydrogen-bond donors (Lipinski definition) is 1. The lowest BCUT2D eigenvalue weighted by molar-refractivity contribution is -0.119. The van der Waals surface area contributed by atoms with Gasteiger partial charge in [-0.2, -0.15) is 5.26 Å². The summed E-state index contributed by atoms with van der Waals surface area (Å²) in [5.74, 6) is -2.19. The van der Waals surface area contributed by atoms with E-state index in [9.17, 15) is 13.6 Å². The van der Waals surface area contributed by atoms with Gasteiger partial charge in [0.15, 0.2) is 29.6 Å². The third kappa shape index (κ3) is 4.79. The fourth-order valence-electron chi connectivity index (χ4n) is 2.65. The van der Waals surface area contributed by atoms with Crippen molar-refractivity contribution < 1.29 is 27.5 Å². The van der Waals surface area contributed by atoms with Crippen molar-refractivity contribution in [1.29, 1.82) is 5.26 Å². The number of benzene rings is 2. The fourth-order valence-corrected chi connectivity index (χ4v) is 2.65. The zero-order chi connectivity index (χ0) is 21.0. The molecule has 1 amide bonds. The maximum Gasteiger partial charge on any atom is 0.227 e. The smallest absolute Gasteiger partial charge is 0.227 e. The molecule has 29 heavy (non-hydrogen) atoms. The number of carbonyl (C=O) groups excluding carboxylic acids is 1. The van der Waals surface area contributed by atoms with Crippen LogP contribution >= 0.6 is 0 Å². The summed E-state index contributed by atoms with van der Waals surface area (Å²) in [5.41, 5.74) is 0.936. The summed E-state index contributed by atoms with van der Waals surface area (Å²) in [4.78, 5) is 15.3. The van der Waals surface area contributed by atoms with E-state index in [1.54, 1.807) is 31.2 Å². The van der Waals surface area contributed by atoms with Crippen LogP contribution in [0, 0.1) is 23.0 Å². The Morgan fingerprint density at radius 3 is 2.66 bits per heavy atom. The van der Waals surface area contributed by atoms with Gasteiger partial charge in [-0.1, -0.05) is 0 Å². The first-order valence-electron chi connectivity index (χ1n) is 8.67. The van der Waals surface area contributed by atoms with Crippen LogP contribution in [0.25, 0.3) is 22.6 Å². The minimum atomic E-state index is -0.964. The Hall–Kier alpha value is -3.67. The van der Waals surface area contributed by atoms with E-state index in [1.807, 2.05) is 0 Å². The maximum atomic E-state index is 14.1. The second-order valence-electron chi connectivity index (χ2n) is 6.28. The first-order chi connectivity index (χ1) is 13.9. The van der Waals surface area contributed by atoms with Gasteiger partial charge in [-0.3, -0.25) is 4.79 Å². The third-order valence-electron chi connectivity index (χ3n) is 3.84. The number of ether oxygens (including phenoxy) is 2. The molecule has 7 nitrogen and oxygen atoms in total. The monoisotopic (exact) mass is 401 g/mol. The number of nitrogens with one attached hydrogen (secondary N) is 1. The molecule has 0 spiro atoms. The van der Waals surface area contributed by atoms with Crippen molar-refractivity contribution in [2.45, 2.75) is 19.9 Å². The van der Waals surface area contributed by atoms with Crippen molar-refractivity contribution in [2.24, 2.45) is 0 Å². The topological polar surface area (TPSA) is 97.4 Å². The summed E-state index contributed by atoms with van der Waals surface area (Å²) in [5, 5.41) is 11.2. The van der Waals surface area contributed by atoms with Crippen LogP contribution in [0.3, 0.4) is 0 Å². The molecule has 0 aliphatic rings. The van der Waals surface area contributed by atoms with E-state index in [-0.39, 0.29) is 30.0 Å². The van der Waals surface area contributed by atoms with Crippen LogP contribution in [0.4, 0.5) is 8.78 Å². The molecule has 0 bridgehead atoms. The number of hydrogen-bond acceptors (Lipinski definition) is 6. The molecule has 3 aromatic rings. The summed E-state index contributed by atoms with van der Waals surface area (Å²) in [6.45, 7) is 3.01. The summed E-state index contributed by atoms with van der Waals surface area (Å²) in [7, 11) is 0. The lowest BCUT2D eigenvalue weighted by Crippen LogP contribution is -2.35. The number of oxazole rings is 1. The van der Waals surface area contributed by atoms with Crippen molar-refractivity contribution in [2.75, 3.05) is 13.2 Å². The fraction of sp³-hybridized carbons (Fsp3) is 0.250. The number of fused-ring (bicyclic) bond motifs is 1. The van der Waals surface area contributed by atoms with Gasteiger partial charge in [0.2, 0.25) is 11.8 Å². The highest BCUT2D eigenvalue weighted by molar-refractivity contribution is 5.77. The molecule has 0 saturated carbocycles. The lowest BCUT2D eigenvalue weighted by atomic mass is 10.2. The van der Waals surface area contributed by atoms with E-state index >= 15 is 0 Å². The number of halogens is 2. The van der Waals surface area contributed by atoms with Gasteiger partial charge in [-0.05, 0) is 31.2 Å². The number of nitriles is 1. The van der Waals surface area contributed by atoms with Gasteiger partial charge in [0.1, 0.15) is 23.9 Å². The van der Waals surface area contributed by atoms with Gasteiger partial charge in [-0.25, -0.2) is 13.8 Å². The van der Waals surface area contributed by atoms with Gasteiger partial charge < -0.3 is 19.2 Å².